The van der Waals surface area contributed by atoms with E-state index in [1.807, 2.05) is 53.9 Å². The van der Waals surface area contributed by atoms with Crippen LogP contribution in [0, 0.1) is 6.92 Å². The number of rotatable bonds is 3. The molecule has 21 heavy (non-hydrogen) atoms. The predicted molar refractivity (Wildman–Crippen MR) is 83.7 cm³/mol. The molecule has 0 aliphatic carbocycles. The van der Waals surface area contributed by atoms with Gasteiger partial charge in [0.1, 0.15) is 11.3 Å². The number of hydrogen-bond acceptors (Lipinski definition) is 2. The summed E-state index contributed by atoms with van der Waals surface area (Å²) in [5.74, 6) is -0.183. The molecule has 0 spiro atoms. The van der Waals surface area contributed by atoms with Crippen LogP contribution in [0.3, 0.4) is 0 Å². The molecule has 0 unspecified atom stereocenters. The average molecular weight is 279 g/mol. The monoisotopic (exact) mass is 279 g/mol. The normalized spacial score (nSPS) is 10.8. The van der Waals surface area contributed by atoms with Crippen molar-refractivity contribution in [3.63, 3.8) is 0 Å². The Balaban J connectivity index is 1.90. The van der Waals surface area contributed by atoms with Gasteiger partial charge in [-0.1, -0.05) is 25.1 Å². The Morgan fingerprint density at radius 3 is 2.90 bits per heavy atom. The summed E-state index contributed by atoms with van der Waals surface area (Å²) in [6.07, 6.45) is 4.54. The van der Waals surface area contributed by atoms with E-state index in [9.17, 15) is 4.79 Å². The topological polar surface area (TPSA) is 46.4 Å². The molecule has 106 valence electrons. The molecular formula is C17H17N3O. The minimum Gasteiger partial charge on any atom is -0.320 e. The fourth-order valence-corrected chi connectivity index (χ4v) is 2.33. The number of imidazole rings is 1. The van der Waals surface area contributed by atoms with Gasteiger partial charge in [-0.2, -0.15) is 0 Å². The third-order valence-electron chi connectivity index (χ3n) is 3.49. The first kappa shape index (κ1) is 13.4. The predicted octanol–water partition coefficient (Wildman–Crippen LogP) is 3.46. The number of carbonyl (C=O) groups excluding carboxylic acids is 1. The SMILES string of the molecule is CCc1ccccc1NC(=O)c1cn2ccc(C)cc2n1. The Morgan fingerprint density at radius 2 is 2.10 bits per heavy atom. The highest BCUT2D eigenvalue weighted by Gasteiger charge is 2.12. The molecule has 3 aromatic rings. The van der Waals surface area contributed by atoms with Crippen molar-refractivity contribution in [2.24, 2.45) is 0 Å². The molecule has 0 fully saturated rings. The lowest BCUT2D eigenvalue weighted by atomic mass is 10.1. The van der Waals surface area contributed by atoms with E-state index in [0.29, 0.717) is 5.69 Å². The van der Waals surface area contributed by atoms with Gasteiger partial charge < -0.3 is 9.72 Å². The van der Waals surface area contributed by atoms with E-state index in [2.05, 4.69) is 17.2 Å². The van der Waals surface area contributed by atoms with Gasteiger partial charge in [0.15, 0.2) is 0 Å². The lowest BCUT2D eigenvalue weighted by molar-refractivity contribution is 0.102. The van der Waals surface area contributed by atoms with Crippen LogP contribution in [0.15, 0.2) is 48.8 Å². The zero-order chi connectivity index (χ0) is 14.8. The van der Waals surface area contributed by atoms with Gasteiger partial charge in [0, 0.05) is 18.1 Å². The van der Waals surface area contributed by atoms with Crippen LogP contribution < -0.4 is 5.32 Å². The summed E-state index contributed by atoms with van der Waals surface area (Å²) in [4.78, 5) is 16.7. The number of benzene rings is 1. The van der Waals surface area contributed by atoms with Gasteiger partial charge >= 0.3 is 0 Å². The van der Waals surface area contributed by atoms with Gasteiger partial charge in [-0.15, -0.1) is 0 Å². The molecule has 0 aliphatic heterocycles. The molecule has 4 heteroatoms. The van der Waals surface area contributed by atoms with E-state index < -0.39 is 0 Å². The number of aromatic nitrogens is 2. The number of nitrogens with one attached hydrogen (secondary N) is 1. The lowest BCUT2D eigenvalue weighted by Crippen LogP contribution is -2.13. The van der Waals surface area contributed by atoms with Crippen molar-refractivity contribution in [1.29, 1.82) is 0 Å². The molecule has 2 aromatic heterocycles. The van der Waals surface area contributed by atoms with Crippen LogP contribution in [0.25, 0.3) is 5.65 Å². The molecule has 0 saturated carbocycles. The minimum atomic E-state index is -0.183. The Bertz CT molecular complexity index is 805. The maximum absolute atomic E-state index is 12.3. The van der Waals surface area contributed by atoms with E-state index in [1.165, 1.54) is 0 Å². The van der Waals surface area contributed by atoms with Crippen molar-refractivity contribution >= 4 is 17.2 Å². The second-order valence-corrected chi connectivity index (χ2v) is 5.06. The number of anilines is 1. The zero-order valence-electron chi connectivity index (χ0n) is 12.1. The highest BCUT2D eigenvalue weighted by atomic mass is 16.1. The van der Waals surface area contributed by atoms with Crippen molar-refractivity contribution in [3.8, 4) is 0 Å². The number of amides is 1. The van der Waals surface area contributed by atoms with Crippen LogP contribution in [-0.2, 0) is 6.42 Å². The quantitative estimate of drug-likeness (QED) is 0.798. The number of pyridine rings is 1. The van der Waals surface area contributed by atoms with Crippen LogP contribution in [0.2, 0.25) is 0 Å². The van der Waals surface area contributed by atoms with Gasteiger partial charge in [0.25, 0.3) is 5.91 Å². The first-order valence-electron chi connectivity index (χ1n) is 7.02. The molecule has 1 N–H and O–H groups in total. The number of carbonyl (C=O) groups is 1. The van der Waals surface area contributed by atoms with E-state index in [4.69, 9.17) is 0 Å². The summed E-state index contributed by atoms with van der Waals surface area (Å²) in [6.45, 7) is 4.07. The Kier molecular flexibility index (Phi) is 3.44. The Morgan fingerprint density at radius 1 is 1.29 bits per heavy atom. The molecule has 1 amide bonds. The molecule has 1 aromatic carbocycles. The van der Waals surface area contributed by atoms with Crippen molar-refractivity contribution in [2.45, 2.75) is 20.3 Å². The largest absolute Gasteiger partial charge is 0.320 e. The van der Waals surface area contributed by atoms with Gasteiger partial charge in [-0.05, 0) is 42.7 Å². The summed E-state index contributed by atoms with van der Waals surface area (Å²) in [5, 5.41) is 2.94. The third kappa shape index (κ3) is 2.65. The number of fused-ring (bicyclic) bond motifs is 1. The standard InChI is InChI=1S/C17H17N3O/c1-3-13-6-4-5-7-14(13)19-17(21)15-11-20-9-8-12(2)10-16(20)18-15/h4-11H,3H2,1-2H3,(H,19,21). The van der Waals surface area contributed by atoms with E-state index in [1.54, 1.807) is 6.20 Å². The minimum absolute atomic E-state index is 0.183. The van der Waals surface area contributed by atoms with Crippen molar-refractivity contribution in [3.05, 3.63) is 65.6 Å². The van der Waals surface area contributed by atoms with Crippen LogP contribution in [-0.4, -0.2) is 15.3 Å². The number of aryl methyl sites for hydroxylation is 2. The first-order chi connectivity index (χ1) is 10.2. The summed E-state index contributed by atoms with van der Waals surface area (Å²) in [5.41, 5.74) is 4.29. The Hall–Kier alpha value is -2.62. The maximum Gasteiger partial charge on any atom is 0.275 e. The van der Waals surface area contributed by atoms with Crippen molar-refractivity contribution < 1.29 is 4.79 Å². The van der Waals surface area contributed by atoms with Crippen LogP contribution in [0.1, 0.15) is 28.5 Å². The molecule has 3 rings (SSSR count). The zero-order valence-corrected chi connectivity index (χ0v) is 12.1. The van der Waals surface area contributed by atoms with Gasteiger partial charge in [0.2, 0.25) is 0 Å². The summed E-state index contributed by atoms with van der Waals surface area (Å²) in [7, 11) is 0. The average Bonchev–Trinajstić information content (AvgIpc) is 2.91. The fraction of sp³-hybridized carbons (Fsp3) is 0.176. The molecule has 2 heterocycles. The molecule has 4 nitrogen and oxygen atoms in total. The van der Waals surface area contributed by atoms with Gasteiger partial charge in [0.05, 0.1) is 0 Å². The van der Waals surface area contributed by atoms with Crippen LogP contribution in [0.4, 0.5) is 5.69 Å². The van der Waals surface area contributed by atoms with Crippen LogP contribution >= 0.6 is 0 Å². The second-order valence-electron chi connectivity index (χ2n) is 5.06. The summed E-state index contributed by atoms with van der Waals surface area (Å²) < 4.78 is 1.85. The maximum atomic E-state index is 12.3. The third-order valence-corrected chi connectivity index (χ3v) is 3.49. The van der Waals surface area contributed by atoms with E-state index in [-0.39, 0.29) is 5.91 Å². The van der Waals surface area contributed by atoms with Gasteiger partial charge in [-0.25, -0.2) is 4.98 Å². The lowest BCUT2D eigenvalue weighted by Gasteiger charge is -2.07. The first-order valence-corrected chi connectivity index (χ1v) is 7.02. The molecule has 0 atom stereocenters. The summed E-state index contributed by atoms with van der Waals surface area (Å²) >= 11 is 0. The number of para-hydroxylation sites is 1. The molecule has 0 bridgehead atoms. The Labute approximate surface area is 123 Å². The smallest absolute Gasteiger partial charge is 0.275 e. The molecule has 0 saturated heterocycles. The van der Waals surface area contributed by atoms with Crippen molar-refractivity contribution in [1.82, 2.24) is 9.38 Å². The highest BCUT2D eigenvalue weighted by molar-refractivity contribution is 6.03. The van der Waals surface area contributed by atoms with Gasteiger partial charge in [-0.3, -0.25) is 4.79 Å². The molecule has 0 radical (unpaired) electrons. The molecular weight excluding hydrogens is 262 g/mol. The molecule has 0 aliphatic rings. The second kappa shape index (κ2) is 5.40. The van der Waals surface area contributed by atoms with Crippen LogP contribution in [0.5, 0.6) is 0 Å². The number of hydrogen-bond donors (Lipinski definition) is 1. The fourth-order valence-electron chi connectivity index (χ4n) is 2.33. The summed E-state index contributed by atoms with van der Waals surface area (Å²) in [6, 6.07) is 11.8. The highest BCUT2D eigenvalue weighted by Crippen LogP contribution is 2.17. The number of nitrogens with zero attached hydrogens (tertiary/aromatic N) is 2. The van der Waals surface area contributed by atoms with E-state index in [0.717, 1.165) is 28.9 Å². The van der Waals surface area contributed by atoms with E-state index >= 15 is 0 Å². The van der Waals surface area contributed by atoms with Crippen molar-refractivity contribution in [2.75, 3.05) is 5.32 Å².